The van der Waals surface area contributed by atoms with Crippen molar-refractivity contribution in [3.05, 3.63) is 0 Å². The van der Waals surface area contributed by atoms with E-state index in [0.29, 0.717) is 5.92 Å². The van der Waals surface area contributed by atoms with E-state index in [4.69, 9.17) is 0 Å². The summed E-state index contributed by atoms with van der Waals surface area (Å²) in [6.45, 7) is 4.30. The molecule has 0 saturated heterocycles. The largest absolute Gasteiger partial charge is 0.291 e. The molecule has 0 rings (SSSR count). The van der Waals surface area contributed by atoms with Crippen LogP contribution in [0.15, 0.2) is 0 Å². The highest BCUT2D eigenvalue weighted by Gasteiger charge is 1.96. The van der Waals surface area contributed by atoms with Gasteiger partial charge in [-0.25, -0.2) is 0 Å². The zero-order chi connectivity index (χ0) is 6.41. The number of rotatable bonds is 4. The Morgan fingerprint density at radius 2 is 2.25 bits per heavy atom. The van der Waals surface area contributed by atoms with Crippen molar-refractivity contribution in [3.8, 4) is 0 Å². The highest BCUT2D eigenvalue weighted by atomic mass is 31.1. The van der Waals surface area contributed by atoms with Gasteiger partial charge in [-0.15, -0.1) is 0 Å². The van der Waals surface area contributed by atoms with Gasteiger partial charge >= 0.3 is 0 Å². The molecule has 0 aromatic rings. The Hall–Kier alpha value is 0.100. The van der Waals surface area contributed by atoms with Crippen molar-refractivity contribution in [2.45, 2.75) is 26.7 Å². The Kier molecular flexibility index (Phi) is 5.31. The van der Waals surface area contributed by atoms with Crippen LogP contribution in [0.3, 0.4) is 0 Å². The predicted octanol–water partition coefficient (Wildman–Crippen LogP) is 2.45. The lowest BCUT2D eigenvalue weighted by Gasteiger charge is -2.01. The monoisotopic (exact) mass is 133 g/mol. The zero-order valence-corrected chi connectivity index (χ0v) is 6.61. The lowest BCUT2D eigenvalue weighted by molar-refractivity contribution is 0.559. The first-order valence-corrected chi connectivity index (χ1v) is 4.27. The Morgan fingerprint density at radius 3 is 2.62 bits per heavy atom. The fourth-order valence-corrected chi connectivity index (χ4v) is 1.23. The molecule has 0 aliphatic carbocycles. The topological polar surface area (TPSA) is 17.1 Å². The molecule has 2 unspecified atom stereocenters. The lowest BCUT2D eigenvalue weighted by Crippen LogP contribution is -1.93. The van der Waals surface area contributed by atoms with Crippen LogP contribution in [0.4, 0.5) is 0 Å². The van der Waals surface area contributed by atoms with Gasteiger partial charge < -0.3 is 0 Å². The van der Waals surface area contributed by atoms with Gasteiger partial charge in [-0.3, -0.25) is 4.57 Å². The van der Waals surface area contributed by atoms with E-state index in [1.54, 1.807) is 0 Å². The maximum atomic E-state index is 10.0. The minimum absolute atomic E-state index is 0.102. The molecule has 0 bridgehead atoms. The first-order chi connectivity index (χ1) is 3.81. The molecule has 0 aliphatic heterocycles. The number of hydrogen-bond donors (Lipinski definition) is 0. The average molecular weight is 133 g/mol. The molecule has 0 fully saturated rings. The van der Waals surface area contributed by atoms with Crippen molar-refractivity contribution in [3.63, 3.8) is 0 Å². The van der Waals surface area contributed by atoms with Gasteiger partial charge in [0.1, 0.15) is 0 Å². The molecule has 0 amide bonds. The SMILES string of the molecule is CCCC(C)C[PH]=O. The fraction of sp³-hybridized carbons (Fsp3) is 1.00. The Morgan fingerprint density at radius 1 is 1.62 bits per heavy atom. The molecule has 2 atom stereocenters. The van der Waals surface area contributed by atoms with E-state index in [2.05, 4.69) is 13.8 Å². The van der Waals surface area contributed by atoms with E-state index < -0.39 is 0 Å². The minimum atomic E-state index is -0.102. The molecule has 8 heavy (non-hydrogen) atoms. The summed E-state index contributed by atoms with van der Waals surface area (Å²) in [4.78, 5) is 0. The lowest BCUT2D eigenvalue weighted by atomic mass is 10.1. The van der Waals surface area contributed by atoms with Crippen LogP contribution in [0.2, 0.25) is 0 Å². The van der Waals surface area contributed by atoms with Gasteiger partial charge in [-0.2, -0.15) is 0 Å². The normalized spacial score (nSPS) is 14.2. The van der Waals surface area contributed by atoms with Crippen LogP contribution in [-0.2, 0) is 4.57 Å². The molecule has 1 nitrogen and oxygen atoms in total. The maximum Gasteiger partial charge on any atom is 0.0583 e. The second-order valence-electron chi connectivity index (χ2n) is 2.24. The van der Waals surface area contributed by atoms with E-state index in [-0.39, 0.29) is 8.46 Å². The summed E-state index contributed by atoms with van der Waals surface area (Å²) in [6.07, 6.45) is 3.31. The van der Waals surface area contributed by atoms with Gasteiger partial charge in [0.25, 0.3) is 0 Å². The molecule has 0 heterocycles. The van der Waals surface area contributed by atoms with Crippen LogP contribution in [-0.4, -0.2) is 6.16 Å². The van der Waals surface area contributed by atoms with Crippen LogP contribution in [0.5, 0.6) is 0 Å². The van der Waals surface area contributed by atoms with Crippen molar-refractivity contribution in [2.24, 2.45) is 5.92 Å². The molecule has 0 aliphatic rings. The van der Waals surface area contributed by atoms with Crippen LogP contribution in [0, 0.1) is 5.92 Å². The van der Waals surface area contributed by atoms with E-state index in [1.807, 2.05) is 0 Å². The van der Waals surface area contributed by atoms with Gasteiger partial charge in [0, 0.05) is 6.16 Å². The van der Waals surface area contributed by atoms with Gasteiger partial charge in [0.05, 0.1) is 8.46 Å². The molecular weight excluding hydrogens is 119 g/mol. The van der Waals surface area contributed by atoms with Crippen molar-refractivity contribution in [1.29, 1.82) is 0 Å². The van der Waals surface area contributed by atoms with Crippen molar-refractivity contribution in [2.75, 3.05) is 6.16 Å². The fourth-order valence-electron chi connectivity index (χ4n) is 0.737. The summed E-state index contributed by atoms with van der Waals surface area (Å²) in [6, 6.07) is 0. The molecule has 0 aromatic carbocycles. The average Bonchev–Trinajstić information content (AvgIpc) is 1.68. The molecule has 0 spiro atoms. The third-order valence-corrected chi connectivity index (χ3v) is 2.08. The van der Waals surface area contributed by atoms with Crippen LogP contribution < -0.4 is 0 Å². The highest BCUT2D eigenvalue weighted by Crippen LogP contribution is 2.09. The molecule has 0 N–H and O–H groups in total. The summed E-state index contributed by atoms with van der Waals surface area (Å²) < 4.78 is 10.0. The van der Waals surface area contributed by atoms with E-state index >= 15 is 0 Å². The van der Waals surface area contributed by atoms with Gasteiger partial charge in [-0.05, 0) is 5.92 Å². The van der Waals surface area contributed by atoms with Gasteiger partial charge in [0.2, 0.25) is 0 Å². The Labute approximate surface area is 52.7 Å². The predicted molar refractivity (Wildman–Crippen MR) is 37.9 cm³/mol. The molecule has 2 heteroatoms. The summed E-state index contributed by atoms with van der Waals surface area (Å²) in [5.41, 5.74) is 0. The van der Waals surface area contributed by atoms with Crippen molar-refractivity contribution >= 4 is 8.46 Å². The summed E-state index contributed by atoms with van der Waals surface area (Å²) in [5.74, 6) is 0.663. The first kappa shape index (κ1) is 8.10. The van der Waals surface area contributed by atoms with Crippen LogP contribution in [0.1, 0.15) is 26.7 Å². The summed E-state index contributed by atoms with van der Waals surface area (Å²) in [5, 5.41) is 0. The summed E-state index contributed by atoms with van der Waals surface area (Å²) in [7, 11) is -0.102. The molecule has 0 saturated carbocycles. The third kappa shape index (κ3) is 4.26. The smallest absolute Gasteiger partial charge is 0.0583 e. The summed E-state index contributed by atoms with van der Waals surface area (Å²) >= 11 is 0. The third-order valence-electron chi connectivity index (χ3n) is 1.21. The number of hydrogen-bond acceptors (Lipinski definition) is 1. The highest BCUT2D eigenvalue weighted by molar-refractivity contribution is 7.23. The van der Waals surface area contributed by atoms with Crippen molar-refractivity contribution in [1.82, 2.24) is 0 Å². The first-order valence-electron chi connectivity index (χ1n) is 3.16. The molecule has 49 valence electrons. The van der Waals surface area contributed by atoms with Crippen LogP contribution in [0.25, 0.3) is 0 Å². The molecule has 1 radical (unpaired) electrons. The second-order valence-corrected chi connectivity index (χ2v) is 2.94. The quantitative estimate of drug-likeness (QED) is 0.538. The molecular formula is C6H14OP. The van der Waals surface area contributed by atoms with Gasteiger partial charge in [0.15, 0.2) is 0 Å². The minimum Gasteiger partial charge on any atom is -0.291 e. The zero-order valence-electron chi connectivity index (χ0n) is 5.61. The second kappa shape index (κ2) is 5.24. The van der Waals surface area contributed by atoms with E-state index in [1.165, 1.54) is 12.8 Å². The maximum absolute atomic E-state index is 10.0. The van der Waals surface area contributed by atoms with E-state index in [0.717, 1.165) is 6.16 Å². The Balaban J connectivity index is 3.03. The van der Waals surface area contributed by atoms with Gasteiger partial charge in [-0.1, -0.05) is 26.7 Å². The Bertz CT molecular complexity index is 63.5. The van der Waals surface area contributed by atoms with Crippen LogP contribution >= 0.6 is 8.46 Å². The van der Waals surface area contributed by atoms with E-state index in [9.17, 15) is 4.57 Å². The standard InChI is InChI=1S/C6H14OP/c1-3-4-6(2)5-8-7/h6,8H,3-5H2,1-2H3. The van der Waals surface area contributed by atoms with Crippen molar-refractivity contribution < 1.29 is 4.57 Å². The molecule has 0 aromatic heterocycles.